The molecule has 2 rings (SSSR count). The van der Waals surface area contributed by atoms with Gasteiger partial charge in [0.2, 0.25) is 0 Å². The lowest BCUT2D eigenvalue weighted by molar-refractivity contribution is -0.385. The van der Waals surface area contributed by atoms with E-state index >= 15 is 0 Å². The minimum atomic E-state index is -0.512. The lowest BCUT2D eigenvalue weighted by atomic mass is 10.1. The average Bonchev–Trinajstić information content (AvgIpc) is 2.47. The molecule has 0 aliphatic carbocycles. The number of benzene rings is 2. The monoisotopic (exact) mass is 286 g/mol. The first-order chi connectivity index (χ1) is 10.0. The summed E-state index contributed by atoms with van der Waals surface area (Å²) in [6.45, 7) is 1.47. The fourth-order valence-electron chi connectivity index (χ4n) is 1.96. The van der Waals surface area contributed by atoms with E-state index in [-0.39, 0.29) is 17.9 Å². The molecule has 0 fully saturated rings. The van der Waals surface area contributed by atoms with Crippen LogP contribution in [0.2, 0.25) is 0 Å². The van der Waals surface area contributed by atoms with Crippen LogP contribution < -0.4 is 5.32 Å². The number of rotatable bonds is 4. The summed E-state index contributed by atoms with van der Waals surface area (Å²) in [6, 6.07) is 11.1. The molecule has 21 heavy (non-hydrogen) atoms. The summed E-state index contributed by atoms with van der Waals surface area (Å²) < 4.78 is 0. The van der Waals surface area contributed by atoms with Crippen LogP contribution in [0.25, 0.3) is 0 Å². The van der Waals surface area contributed by atoms with E-state index < -0.39 is 10.8 Å². The summed E-state index contributed by atoms with van der Waals surface area (Å²) in [6.07, 6.45) is 0. The Labute approximate surface area is 121 Å². The van der Waals surface area contributed by atoms with Crippen molar-refractivity contribution in [1.29, 1.82) is 0 Å². The smallest absolute Gasteiger partial charge is 0.273 e. The van der Waals surface area contributed by atoms with E-state index in [1.165, 1.54) is 12.1 Å². The van der Waals surface area contributed by atoms with Gasteiger partial charge in [-0.2, -0.15) is 0 Å². The van der Waals surface area contributed by atoms with Crippen LogP contribution in [0.5, 0.6) is 0 Å². The van der Waals surface area contributed by atoms with Gasteiger partial charge in [0.25, 0.3) is 11.6 Å². The quantitative estimate of drug-likeness (QED) is 0.667. The highest BCUT2D eigenvalue weighted by atomic mass is 16.6. The topological polar surface area (TPSA) is 92.5 Å². The maximum Gasteiger partial charge on any atom is 0.273 e. The van der Waals surface area contributed by atoms with Crippen molar-refractivity contribution >= 4 is 17.3 Å². The number of nitro groups is 1. The van der Waals surface area contributed by atoms with E-state index in [0.29, 0.717) is 11.3 Å². The van der Waals surface area contributed by atoms with Crippen molar-refractivity contribution in [3.05, 3.63) is 69.3 Å². The van der Waals surface area contributed by atoms with Crippen LogP contribution in [0.3, 0.4) is 0 Å². The zero-order valence-corrected chi connectivity index (χ0v) is 11.4. The summed E-state index contributed by atoms with van der Waals surface area (Å²) >= 11 is 0. The molecular weight excluding hydrogens is 272 g/mol. The molecule has 0 radical (unpaired) electrons. The molecule has 2 N–H and O–H groups in total. The SMILES string of the molecule is Cc1c(C(=O)Nc2ccc(CO)cc2)cccc1[N+](=O)[O-]. The molecule has 0 saturated carbocycles. The number of carbonyl (C=O) groups excluding carboxylic acids is 1. The van der Waals surface area contributed by atoms with Crippen molar-refractivity contribution in [3.8, 4) is 0 Å². The Hall–Kier alpha value is -2.73. The first-order valence-electron chi connectivity index (χ1n) is 6.28. The van der Waals surface area contributed by atoms with Crippen LogP contribution >= 0.6 is 0 Å². The Morgan fingerprint density at radius 1 is 1.24 bits per heavy atom. The average molecular weight is 286 g/mol. The van der Waals surface area contributed by atoms with Crippen molar-refractivity contribution in [1.82, 2.24) is 0 Å². The summed E-state index contributed by atoms with van der Waals surface area (Å²) in [5, 5.41) is 22.5. The maximum atomic E-state index is 12.2. The fourth-order valence-corrected chi connectivity index (χ4v) is 1.96. The van der Waals surface area contributed by atoms with Gasteiger partial charge in [-0.1, -0.05) is 18.2 Å². The first kappa shape index (κ1) is 14.7. The fraction of sp³-hybridized carbons (Fsp3) is 0.133. The second-order valence-electron chi connectivity index (χ2n) is 4.52. The highest BCUT2D eigenvalue weighted by Crippen LogP contribution is 2.22. The van der Waals surface area contributed by atoms with Gasteiger partial charge in [-0.3, -0.25) is 14.9 Å². The van der Waals surface area contributed by atoms with Crippen LogP contribution in [0.1, 0.15) is 21.5 Å². The van der Waals surface area contributed by atoms with Gasteiger partial charge >= 0.3 is 0 Å². The van der Waals surface area contributed by atoms with Gasteiger partial charge in [0.15, 0.2) is 0 Å². The van der Waals surface area contributed by atoms with E-state index in [9.17, 15) is 14.9 Å². The summed E-state index contributed by atoms with van der Waals surface area (Å²) in [5.41, 5.74) is 1.79. The standard InChI is InChI=1S/C15H14N2O4/c1-10-13(3-2-4-14(10)17(20)21)15(19)16-12-7-5-11(9-18)6-8-12/h2-8,18H,9H2,1H3,(H,16,19). The van der Waals surface area contributed by atoms with Crippen molar-refractivity contribution in [2.24, 2.45) is 0 Å². The van der Waals surface area contributed by atoms with Gasteiger partial charge in [0.1, 0.15) is 0 Å². The molecule has 2 aromatic carbocycles. The second-order valence-corrected chi connectivity index (χ2v) is 4.52. The van der Waals surface area contributed by atoms with Crippen molar-refractivity contribution in [2.75, 3.05) is 5.32 Å². The number of anilines is 1. The van der Waals surface area contributed by atoms with Gasteiger partial charge in [-0.25, -0.2) is 0 Å². The number of aliphatic hydroxyl groups is 1. The van der Waals surface area contributed by atoms with E-state index in [0.717, 1.165) is 5.56 Å². The number of nitro benzene ring substituents is 1. The molecule has 0 aliphatic heterocycles. The largest absolute Gasteiger partial charge is 0.392 e. The number of amides is 1. The number of nitrogens with zero attached hydrogens (tertiary/aromatic N) is 1. The molecule has 6 nitrogen and oxygen atoms in total. The molecule has 2 aromatic rings. The van der Waals surface area contributed by atoms with Gasteiger partial charge < -0.3 is 10.4 Å². The van der Waals surface area contributed by atoms with E-state index in [2.05, 4.69) is 5.32 Å². The molecule has 6 heteroatoms. The molecule has 108 valence electrons. The first-order valence-corrected chi connectivity index (χ1v) is 6.28. The third-order valence-corrected chi connectivity index (χ3v) is 3.14. The minimum Gasteiger partial charge on any atom is -0.392 e. The molecule has 0 spiro atoms. The number of nitrogens with one attached hydrogen (secondary N) is 1. The highest BCUT2D eigenvalue weighted by Gasteiger charge is 2.17. The summed E-state index contributed by atoms with van der Waals surface area (Å²) in [7, 11) is 0. The molecule has 0 unspecified atom stereocenters. The van der Waals surface area contributed by atoms with Gasteiger partial charge in [-0.05, 0) is 30.7 Å². The Bertz CT molecular complexity index is 681. The normalized spacial score (nSPS) is 10.2. The van der Waals surface area contributed by atoms with Gasteiger partial charge in [-0.15, -0.1) is 0 Å². The molecule has 0 bridgehead atoms. The van der Waals surface area contributed by atoms with Crippen LogP contribution in [-0.2, 0) is 6.61 Å². The minimum absolute atomic E-state index is 0.0712. The zero-order chi connectivity index (χ0) is 15.4. The van der Waals surface area contributed by atoms with Gasteiger partial charge in [0.05, 0.1) is 11.5 Å². The van der Waals surface area contributed by atoms with Crippen molar-refractivity contribution in [3.63, 3.8) is 0 Å². The number of carbonyl (C=O) groups is 1. The third kappa shape index (κ3) is 3.24. The van der Waals surface area contributed by atoms with E-state index in [1.807, 2.05) is 0 Å². The molecule has 0 aromatic heterocycles. The third-order valence-electron chi connectivity index (χ3n) is 3.14. The van der Waals surface area contributed by atoms with Crippen LogP contribution in [-0.4, -0.2) is 15.9 Å². The Kier molecular flexibility index (Phi) is 4.30. The molecule has 0 saturated heterocycles. The van der Waals surface area contributed by atoms with Crippen molar-refractivity contribution in [2.45, 2.75) is 13.5 Å². The Morgan fingerprint density at radius 3 is 2.48 bits per heavy atom. The predicted octanol–water partition coefficient (Wildman–Crippen LogP) is 2.65. The molecule has 0 aliphatic rings. The van der Waals surface area contributed by atoms with E-state index in [4.69, 9.17) is 5.11 Å². The summed E-state index contributed by atoms with van der Waals surface area (Å²) in [5.74, 6) is -0.409. The molecular formula is C15H14N2O4. The highest BCUT2D eigenvalue weighted by molar-refractivity contribution is 6.05. The Morgan fingerprint density at radius 2 is 1.90 bits per heavy atom. The van der Waals surface area contributed by atoms with Crippen LogP contribution in [0.4, 0.5) is 11.4 Å². The van der Waals surface area contributed by atoms with E-state index in [1.54, 1.807) is 37.3 Å². The summed E-state index contributed by atoms with van der Waals surface area (Å²) in [4.78, 5) is 22.5. The zero-order valence-electron chi connectivity index (χ0n) is 11.4. The van der Waals surface area contributed by atoms with Gasteiger partial charge in [0, 0.05) is 22.9 Å². The van der Waals surface area contributed by atoms with Crippen molar-refractivity contribution < 1.29 is 14.8 Å². The number of hydrogen-bond donors (Lipinski definition) is 2. The number of hydrogen-bond acceptors (Lipinski definition) is 4. The van der Waals surface area contributed by atoms with Crippen LogP contribution in [0, 0.1) is 17.0 Å². The number of aliphatic hydroxyl groups excluding tert-OH is 1. The lowest BCUT2D eigenvalue weighted by Crippen LogP contribution is -2.14. The maximum absolute atomic E-state index is 12.2. The molecule has 0 heterocycles. The molecule has 0 atom stereocenters. The molecule has 1 amide bonds. The second kappa shape index (κ2) is 6.15. The predicted molar refractivity (Wildman–Crippen MR) is 78.2 cm³/mol. The lowest BCUT2D eigenvalue weighted by Gasteiger charge is -2.08. The van der Waals surface area contributed by atoms with Crippen LogP contribution in [0.15, 0.2) is 42.5 Å². The Balaban J connectivity index is 2.24.